The van der Waals surface area contributed by atoms with Crippen LogP contribution in [0, 0.1) is 10.1 Å². The zero-order valence-corrected chi connectivity index (χ0v) is 11.1. The molecule has 0 aromatic heterocycles. The third kappa shape index (κ3) is 3.98. The lowest BCUT2D eigenvalue weighted by molar-refractivity contribution is -0.384. The number of aliphatic hydroxyl groups is 1. The minimum Gasteiger partial charge on any atom is -0.396 e. The molecular weight excluding hydrogens is 288 g/mol. The first-order chi connectivity index (χ1) is 8.08. The maximum absolute atomic E-state index is 10.9. The Kier molecular flexibility index (Phi) is 5.37. The van der Waals surface area contributed by atoms with Crippen molar-refractivity contribution >= 4 is 27.3 Å². The summed E-state index contributed by atoms with van der Waals surface area (Å²) in [5, 5.41) is 22.8. The molecule has 0 aliphatic heterocycles. The number of aliphatic hydroxyl groups excluding tert-OH is 1. The molecule has 0 heterocycles. The van der Waals surface area contributed by atoms with E-state index in [0.29, 0.717) is 12.1 Å². The van der Waals surface area contributed by atoms with Gasteiger partial charge in [0.15, 0.2) is 0 Å². The standard InChI is InChI=1S/C11H15BrN2O3/c1-2-9(5-6-15)13-10-7-8(12)3-4-11(10)14(16)17/h3-4,7,9,13,15H,2,5-6H2,1H3. The van der Waals surface area contributed by atoms with Crippen LogP contribution in [0.1, 0.15) is 19.8 Å². The molecule has 1 aromatic carbocycles. The van der Waals surface area contributed by atoms with E-state index in [-0.39, 0.29) is 18.3 Å². The summed E-state index contributed by atoms with van der Waals surface area (Å²) in [5.74, 6) is 0. The van der Waals surface area contributed by atoms with Crippen molar-refractivity contribution in [3.8, 4) is 0 Å². The quantitative estimate of drug-likeness (QED) is 0.626. The molecule has 0 saturated carbocycles. The van der Waals surface area contributed by atoms with Gasteiger partial charge in [-0.25, -0.2) is 0 Å². The number of hydrogen-bond donors (Lipinski definition) is 2. The Balaban J connectivity index is 2.94. The maximum Gasteiger partial charge on any atom is 0.292 e. The van der Waals surface area contributed by atoms with Crippen LogP contribution in [0.15, 0.2) is 22.7 Å². The molecule has 5 nitrogen and oxygen atoms in total. The number of nitro groups is 1. The molecule has 2 N–H and O–H groups in total. The first-order valence-electron chi connectivity index (χ1n) is 5.39. The van der Waals surface area contributed by atoms with Crippen molar-refractivity contribution in [2.45, 2.75) is 25.8 Å². The lowest BCUT2D eigenvalue weighted by atomic mass is 10.1. The summed E-state index contributed by atoms with van der Waals surface area (Å²) in [4.78, 5) is 10.4. The van der Waals surface area contributed by atoms with Gasteiger partial charge in [-0.3, -0.25) is 10.1 Å². The molecule has 94 valence electrons. The Bertz CT molecular complexity index is 398. The number of nitrogens with one attached hydrogen (secondary N) is 1. The van der Waals surface area contributed by atoms with Gasteiger partial charge < -0.3 is 10.4 Å². The van der Waals surface area contributed by atoms with Crippen molar-refractivity contribution in [3.63, 3.8) is 0 Å². The van der Waals surface area contributed by atoms with E-state index in [4.69, 9.17) is 5.11 Å². The molecule has 0 aliphatic carbocycles. The Labute approximate surface area is 108 Å². The molecule has 1 aromatic rings. The molecule has 0 bridgehead atoms. The molecule has 0 saturated heterocycles. The lowest BCUT2D eigenvalue weighted by Crippen LogP contribution is -2.20. The smallest absolute Gasteiger partial charge is 0.292 e. The van der Waals surface area contributed by atoms with Crippen LogP contribution in [0.3, 0.4) is 0 Å². The SMILES string of the molecule is CCC(CCO)Nc1cc(Br)ccc1[N+](=O)[O-]. The van der Waals surface area contributed by atoms with Crippen LogP contribution >= 0.6 is 15.9 Å². The Morgan fingerprint density at radius 1 is 1.59 bits per heavy atom. The van der Waals surface area contributed by atoms with E-state index in [9.17, 15) is 10.1 Å². The van der Waals surface area contributed by atoms with Gasteiger partial charge in [0.25, 0.3) is 5.69 Å². The molecule has 0 fully saturated rings. The number of halogens is 1. The summed E-state index contributed by atoms with van der Waals surface area (Å²) in [6, 6.07) is 4.81. The minimum atomic E-state index is -0.416. The van der Waals surface area contributed by atoms with Gasteiger partial charge in [-0.05, 0) is 25.0 Å². The van der Waals surface area contributed by atoms with Crippen molar-refractivity contribution in [3.05, 3.63) is 32.8 Å². The highest BCUT2D eigenvalue weighted by Gasteiger charge is 2.16. The molecule has 0 amide bonds. The second-order valence-electron chi connectivity index (χ2n) is 3.68. The van der Waals surface area contributed by atoms with Gasteiger partial charge in [-0.2, -0.15) is 0 Å². The van der Waals surface area contributed by atoms with Gasteiger partial charge >= 0.3 is 0 Å². The van der Waals surface area contributed by atoms with Crippen LogP contribution in [0.4, 0.5) is 11.4 Å². The highest BCUT2D eigenvalue weighted by Crippen LogP contribution is 2.29. The Hall–Kier alpha value is -1.14. The second-order valence-corrected chi connectivity index (χ2v) is 4.60. The van der Waals surface area contributed by atoms with Gasteiger partial charge in [0.1, 0.15) is 5.69 Å². The zero-order valence-electron chi connectivity index (χ0n) is 9.52. The van der Waals surface area contributed by atoms with Gasteiger partial charge in [0.05, 0.1) is 4.92 Å². The molecule has 6 heteroatoms. The monoisotopic (exact) mass is 302 g/mol. The Morgan fingerprint density at radius 2 is 2.29 bits per heavy atom. The molecule has 1 rings (SSSR count). The van der Waals surface area contributed by atoms with E-state index in [1.165, 1.54) is 6.07 Å². The van der Waals surface area contributed by atoms with E-state index >= 15 is 0 Å². The maximum atomic E-state index is 10.9. The minimum absolute atomic E-state index is 0.0352. The average Bonchev–Trinajstić information content (AvgIpc) is 2.28. The third-order valence-corrected chi connectivity index (χ3v) is 2.98. The number of hydrogen-bond acceptors (Lipinski definition) is 4. The number of benzene rings is 1. The van der Waals surface area contributed by atoms with Crippen LogP contribution < -0.4 is 5.32 Å². The van der Waals surface area contributed by atoms with Crippen molar-refractivity contribution in [2.24, 2.45) is 0 Å². The summed E-state index contributed by atoms with van der Waals surface area (Å²) >= 11 is 3.28. The second kappa shape index (κ2) is 6.56. The van der Waals surface area contributed by atoms with Crippen LogP contribution in [-0.2, 0) is 0 Å². The van der Waals surface area contributed by atoms with E-state index in [1.807, 2.05) is 6.92 Å². The fraction of sp³-hybridized carbons (Fsp3) is 0.455. The summed E-state index contributed by atoms with van der Waals surface area (Å²) in [6.07, 6.45) is 1.37. The Morgan fingerprint density at radius 3 is 2.82 bits per heavy atom. The van der Waals surface area contributed by atoms with Crippen LogP contribution in [0.25, 0.3) is 0 Å². The molecule has 0 radical (unpaired) electrons. The average molecular weight is 303 g/mol. The summed E-state index contributed by atoms with van der Waals surface area (Å²) < 4.78 is 0.782. The van der Waals surface area contributed by atoms with Gasteiger partial charge in [-0.15, -0.1) is 0 Å². The third-order valence-electron chi connectivity index (χ3n) is 2.49. The van der Waals surface area contributed by atoms with Crippen molar-refractivity contribution in [1.29, 1.82) is 0 Å². The highest BCUT2D eigenvalue weighted by molar-refractivity contribution is 9.10. The highest BCUT2D eigenvalue weighted by atomic mass is 79.9. The first-order valence-corrected chi connectivity index (χ1v) is 6.19. The molecular formula is C11H15BrN2O3. The molecule has 1 unspecified atom stereocenters. The predicted molar refractivity (Wildman–Crippen MR) is 70.2 cm³/mol. The van der Waals surface area contributed by atoms with Crippen molar-refractivity contribution < 1.29 is 10.0 Å². The van der Waals surface area contributed by atoms with Crippen LogP contribution in [0.2, 0.25) is 0 Å². The van der Waals surface area contributed by atoms with E-state index in [2.05, 4.69) is 21.2 Å². The van der Waals surface area contributed by atoms with Crippen molar-refractivity contribution in [1.82, 2.24) is 0 Å². The summed E-state index contributed by atoms with van der Waals surface area (Å²) in [5.41, 5.74) is 0.522. The summed E-state index contributed by atoms with van der Waals surface area (Å²) in [7, 11) is 0. The number of nitro benzene ring substituents is 1. The largest absolute Gasteiger partial charge is 0.396 e. The lowest BCUT2D eigenvalue weighted by Gasteiger charge is -2.17. The fourth-order valence-electron chi connectivity index (χ4n) is 1.54. The van der Waals surface area contributed by atoms with Crippen LogP contribution in [-0.4, -0.2) is 22.7 Å². The van der Waals surface area contributed by atoms with E-state index in [0.717, 1.165) is 10.9 Å². The van der Waals surface area contributed by atoms with Gasteiger partial charge in [-0.1, -0.05) is 22.9 Å². The normalized spacial score (nSPS) is 12.2. The van der Waals surface area contributed by atoms with Gasteiger partial charge in [0, 0.05) is 23.2 Å². The summed E-state index contributed by atoms with van der Waals surface area (Å²) in [6.45, 7) is 2.03. The number of rotatable bonds is 6. The first kappa shape index (κ1) is 13.9. The molecule has 0 spiro atoms. The zero-order chi connectivity index (χ0) is 12.8. The molecule has 1 atom stereocenters. The van der Waals surface area contributed by atoms with Crippen LogP contribution in [0.5, 0.6) is 0 Å². The number of anilines is 1. The van der Waals surface area contributed by atoms with E-state index in [1.54, 1.807) is 12.1 Å². The molecule has 0 aliphatic rings. The van der Waals surface area contributed by atoms with Crippen molar-refractivity contribution in [2.75, 3.05) is 11.9 Å². The fourth-order valence-corrected chi connectivity index (χ4v) is 1.90. The van der Waals surface area contributed by atoms with Gasteiger partial charge in [0.2, 0.25) is 0 Å². The predicted octanol–water partition coefficient (Wildman–Crippen LogP) is 2.93. The molecule has 17 heavy (non-hydrogen) atoms. The van der Waals surface area contributed by atoms with E-state index < -0.39 is 4.92 Å². The number of nitrogens with zero attached hydrogens (tertiary/aromatic N) is 1. The topological polar surface area (TPSA) is 75.4 Å².